The summed E-state index contributed by atoms with van der Waals surface area (Å²) in [6, 6.07) is 16.7. The van der Waals surface area contributed by atoms with Crippen molar-refractivity contribution in [2.75, 3.05) is 20.4 Å². The van der Waals surface area contributed by atoms with Crippen molar-refractivity contribution in [2.45, 2.75) is 13.0 Å². The number of amides is 1. The van der Waals surface area contributed by atoms with E-state index in [1.165, 1.54) is 18.3 Å². The molecule has 0 aliphatic carbocycles. The molecule has 2 aromatic carbocycles. The standard InChI is InChI=1S/C27H24FN3O6S/c1-31(38(3,34)35)26(32)23-21-14-19(13-17-9-11-20(28)12-10-17)15-29-22(21)25(24(30-23)27(33)36-2)37-16-18-7-5-4-6-8-18/h4-12,14-15H,13,16H2,1-3H3. The third kappa shape index (κ3) is 5.78. The molecule has 0 bridgehead atoms. The van der Waals surface area contributed by atoms with Gasteiger partial charge in [0.05, 0.1) is 13.4 Å². The van der Waals surface area contributed by atoms with Crippen LogP contribution in [0.25, 0.3) is 10.9 Å². The Morgan fingerprint density at radius 2 is 1.66 bits per heavy atom. The zero-order valence-electron chi connectivity index (χ0n) is 20.8. The molecular weight excluding hydrogens is 513 g/mol. The smallest absolute Gasteiger partial charge is 0.360 e. The van der Waals surface area contributed by atoms with Crippen LogP contribution in [0.1, 0.15) is 37.7 Å². The summed E-state index contributed by atoms with van der Waals surface area (Å²) >= 11 is 0. The van der Waals surface area contributed by atoms with E-state index in [-0.39, 0.29) is 40.5 Å². The number of hydrogen-bond donors (Lipinski definition) is 0. The van der Waals surface area contributed by atoms with Gasteiger partial charge in [0.1, 0.15) is 23.6 Å². The Bertz CT molecular complexity index is 1610. The van der Waals surface area contributed by atoms with E-state index in [2.05, 4.69) is 9.97 Å². The van der Waals surface area contributed by atoms with Crippen LogP contribution in [0.15, 0.2) is 66.9 Å². The molecule has 38 heavy (non-hydrogen) atoms. The SMILES string of the molecule is COC(=O)c1nc(C(=O)N(C)S(C)(=O)=O)c2cc(Cc3ccc(F)cc3)cnc2c1OCc1ccccc1. The van der Waals surface area contributed by atoms with Crippen molar-refractivity contribution in [3.05, 3.63) is 101 Å². The molecule has 0 aliphatic heterocycles. The highest BCUT2D eigenvalue weighted by Gasteiger charge is 2.29. The van der Waals surface area contributed by atoms with Gasteiger partial charge >= 0.3 is 5.97 Å². The summed E-state index contributed by atoms with van der Waals surface area (Å²) in [5, 5.41) is 0.181. The third-order valence-electron chi connectivity index (χ3n) is 5.77. The number of aromatic nitrogens is 2. The number of halogens is 1. The molecule has 0 unspecified atom stereocenters. The van der Waals surface area contributed by atoms with Gasteiger partial charge in [-0.2, -0.15) is 0 Å². The summed E-state index contributed by atoms with van der Waals surface area (Å²) in [7, 11) is -1.69. The highest BCUT2D eigenvalue weighted by Crippen LogP contribution is 2.32. The topological polar surface area (TPSA) is 116 Å². The molecule has 4 rings (SSSR count). The van der Waals surface area contributed by atoms with E-state index in [0.29, 0.717) is 16.3 Å². The molecule has 9 nitrogen and oxygen atoms in total. The van der Waals surface area contributed by atoms with Crippen LogP contribution in [0.3, 0.4) is 0 Å². The van der Waals surface area contributed by atoms with Crippen LogP contribution >= 0.6 is 0 Å². The Morgan fingerprint density at radius 3 is 2.29 bits per heavy atom. The lowest BCUT2D eigenvalue weighted by atomic mass is 10.0. The Hall–Kier alpha value is -4.38. The van der Waals surface area contributed by atoms with Crippen LogP contribution in [-0.4, -0.2) is 55.0 Å². The molecule has 1 amide bonds. The maximum atomic E-state index is 13.4. The lowest BCUT2D eigenvalue weighted by Crippen LogP contribution is -2.33. The van der Waals surface area contributed by atoms with Crippen molar-refractivity contribution in [3.63, 3.8) is 0 Å². The summed E-state index contributed by atoms with van der Waals surface area (Å²) in [4.78, 5) is 34.7. The molecular formula is C27H24FN3O6S. The van der Waals surface area contributed by atoms with E-state index in [1.807, 2.05) is 30.3 Å². The monoisotopic (exact) mass is 537 g/mol. The maximum Gasteiger partial charge on any atom is 0.360 e. The van der Waals surface area contributed by atoms with Gasteiger partial charge in [-0.15, -0.1) is 0 Å². The molecule has 0 spiro atoms. The molecule has 0 radical (unpaired) electrons. The van der Waals surface area contributed by atoms with Gasteiger partial charge in [-0.05, 0) is 41.3 Å². The number of benzene rings is 2. The molecule has 11 heteroatoms. The summed E-state index contributed by atoms with van der Waals surface area (Å²) < 4.78 is 49.0. The first-order chi connectivity index (χ1) is 18.1. The number of hydrogen-bond acceptors (Lipinski definition) is 8. The molecule has 4 aromatic rings. The zero-order valence-corrected chi connectivity index (χ0v) is 21.7. The normalized spacial score (nSPS) is 11.3. The van der Waals surface area contributed by atoms with Gasteiger partial charge in [0.25, 0.3) is 5.91 Å². The van der Waals surface area contributed by atoms with Crippen LogP contribution in [0.4, 0.5) is 4.39 Å². The zero-order chi connectivity index (χ0) is 27.4. The number of ether oxygens (including phenoxy) is 2. The number of pyridine rings is 2. The van der Waals surface area contributed by atoms with Crippen LogP contribution in [-0.2, 0) is 27.8 Å². The fraction of sp³-hybridized carbons (Fsp3) is 0.185. The Morgan fingerprint density at radius 1 is 0.974 bits per heavy atom. The second-order valence-electron chi connectivity index (χ2n) is 8.48. The number of methoxy groups -OCH3 is 1. The maximum absolute atomic E-state index is 13.4. The van der Waals surface area contributed by atoms with Crippen molar-refractivity contribution in [3.8, 4) is 5.75 Å². The summed E-state index contributed by atoms with van der Waals surface area (Å²) in [6.45, 7) is 0.0666. The first kappa shape index (κ1) is 26.7. The molecule has 0 fully saturated rings. The fourth-order valence-electron chi connectivity index (χ4n) is 3.70. The van der Waals surface area contributed by atoms with Crippen molar-refractivity contribution in [2.24, 2.45) is 0 Å². The molecule has 0 saturated heterocycles. The minimum absolute atomic E-state index is 0.0115. The van der Waals surface area contributed by atoms with E-state index >= 15 is 0 Å². The second kappa shape index (κ2) is 10.9. The van der Waals surface area contributed by atoms with Crippen molar-refractivity contribution in [1.29, 1.82) is 0 Å². The van der Waals surface area contributed by atoms with Crippen LogP contribution in [0.2, 0.25) is 0 Å². The number of carbonyl (C=O) groups is 2. The van der Waals surface area contributed by atoms with E-state index in [0.717, 1.165) is 31.5 Å². The summed E-state index contributed by atoms with van der Waals surface area (Å²) in [5.74, 6) is -2.23. The molecule has 2 aromatic heterocycles. The van der Waals surface area contributed by atoms with Crippen molar-refractivity contribution in [1.82, 2.24) is 14.3 Å². The molecule has 2 heterocycles. The fourth-order valence-corrected chi connectivity index (χ4v) is 4.09. The first-order valence-electron chi connectivity index (χ1n) is 11.4. The number of esters is 1. The number of fused-ring (bicyclic) bond motifs is 1. The number of rotatable bonds is 8. The van der Waals surface area contributed by atoms with Gasteiger partial charge in [0.15, 0.2) is 11.4 Å². The van der Waals surface area contributed by atoms with Crippen LogP contribution < -0.4 is 4.74 Å². The number of carbonyl (C=O) groups excluding carboxylic acids is 2. The van der Waals surface area contributed by atoms with Crippen LogP contribution in [0.5, 0.6) is 5.75 Å². The van der Waals surface area contributed by atoms with Gasteiger partial charge < -0.3 is 9.47 Å². The number of nitrogens with zero attached hydrogens (tertiary/aromatic N) is 3. The second-order valence-corrected chi connectivity index (χ2v) is 10.5. The predicted molar refractivity (Wildman–Crippen MR) is 138 cm³/mol. The van der Waals surface area contributed by atoms with Crippen molar-refractivity contribution < 1.29 is 31.9 Å². The third-order valence-corrected chi connectivity index (χ3v) is 6.93. The summed E-state index contributed by atoms with van der Waals surface area (Å²) in [5.41, 5.74) is 1.73. The quantitative estimate of drug-likeness (QED) is 0.312. The Kier molecular flexibility index (Phi) is 7.67. The van der Waals surface area contributed by atoms with E-state index in [9.17, 15) is 22.4 Å². The predicted octanol–water partition coefficient (Wildman–Crippen LogP) is 3.76. The van der Waals surface area contributed by atoms with Gasteiger partial charge in [0.2, 0.25) is 10.0 Å². The minimum Gasteiger partial charge on any atom is -0.484 e. The van der Waals surface area contributed by atoms with Gasteiger partial charge in [0, 0.05) is 18.6 Å². The highest BCUT2D eigenvalue weighted by molar-refractivity contribution is 7.88. The molecule has 0 saturated carbocycles. The van der Waals surface area contributed by atoms with E-state index < -0.39 is 21.9 Å². The van der Waals surface area contributed by atoms with Gasteiger partial charge in [-0.1, -0.05) is 42.5 Å². The van der Waals surface area contributed by atoms with Gasteiger partial charge in [-0.3, -0.25) is 9.78 Å². The Labute approximate surface area is 218 Å². The van der Waals surface area contributed by atoms with Gasteiger partial charge in [-0.25, -0.2) is 26.9 Å². The summed E-state index contributed by atoms with van der Waals surface area (Å²) in [6.07, 6.45) is 2.76. The Balaban J connectivity index is 1.90. The van der Waals surface area contributed by atoms with E-state index in [1.54, 1.807) is 18.2 Å². The number of sulfonamides is 1. The van der Waals surface area contributed by atoms with E-state index in [4.69, 9.17) is 9.47 Å². The molecule has 0 atom stereocenters. The molecule has 0 N–H and O–H groups in total. The molecule has 0 aliphatic rings. The lowest BCUT2D eigenvalue weighted by Gasteiger charge is -2.18. The van der Waals surface area contributed by atoms with Crippen LogP contribution in [0, 0.1) is 5.82 Å². The highest BCUT2D eigenvalue weighted by atomic mass is 32.2. The average molecular weight is 538 g/mol. The minimum atomic E-state index is -3.94. The molecule has 196 valence electrons. The van der Waals surface area contributed by atoms with Crippen molar-refractivity contribution >= 4 is 32.8 Å². The largest absolute Gasteiger partial charge is 0.484 e. The average Bonchev–Trinajstić information content (AvgIpc) is 2.91. The lowest BCUT2D eigenvalue weighted by molar-refractivity contribution is 0.0588. The first-order valence-corrected chi connectivity index (χ1v) is 13.2.